The Bertz CT molecular complexity index is 1080. The van der Waals surface area contributed by atoms with Gasteiger partial charge in [0.1, 0.15) is 28.8 Å². The molecule has 0 bridgehead atoms. The first kappa shape index (κ1) is 22.6. The molecule has 0 amide bonds. The van der Waals surface area contributed by atoms with Gasteiger partial charge in [-0.15, -0.1) is 21.5 Å². The van der Waals surface area contributed by atoms with Crippen molar-refractivity contribution in [1.29, 1.82) is 0 Å². The van der Waals surface area contributed by atoms with Gasteiger partial charge in [0.15, 0.2) is 5.76 Å². The number of methoxy groups -OCH3 is 2. The van der Waals surface area contributed by atoms with Gasteiger partial charge in [-0.1, -0.05) is 19.9 Å². The number of hydrogen-bond donors (Lipinski definition) is 0. The normalized spacial score (nSPS) is 10.7. The van der Waals surface area contributed by atoms with Crippen LogP contribution in [-0.4, -0.2) is 34.0 Å². The minimum atomic E-state index is 0. The molecule has 0 N–H and O–H groups in total. The summed E-state index contributed by atoms with van der Waals surface area (Å²) < 4.78 is 18.5. The number of aryl methyl sites for hydroxylation is 2. The van der Waals surface area contributed by atoms with Gasteiger partial charge in [0, 0.05) is 6.81 Å². The van der Waals surface area contributed by atoms with Crippen LogP contribution in [0.1, 0.15) is 32.6 Å². The zero-order chi connectivity index (χ0) is 22.4. The van der Waals surface area contributed by atoms with Crippen molar-refractivity contribution in [1.82, 2.24) is 19.7 Å². The van der Waals surface area contributed by atoms with Crippen LogP contribution in [0.2, 0.25) is 0 Å². The lowest BCUT2D eigenvalue weighted by Crippen LogP contribution is -2.04. The molecule has 0 atom stereocenters. The van der Waals surface area contributed by atoms with Crippen LogP contribution >= 0.6 is 11.3 Å². The molecule has 0 aliphatic rings. The second-order valence-electron chi connectivity index (χ2n) is 7.41. The number of hydrogen-bond acceptors (Lipinski definition) is 7. The maximum atomic E-state index is 5.69. The van der Waals surface area contributed by atoms with Crippen molar-refractivity contribution in [3.8, 4) is 28.8 Å². The van der Waals surface area contributed by atoms with Crippen LogP contribution in [-0.2, 0) is 6.42 Å². The molecule has 0 fully saturated rings. The molecule has 4 aromatic rings. The van der Waals surface area contributed by atoms with E-state index in [4.69, 9.17) is 13.9 Å². The fraction of sp³-hybridized carbons (Fsp3) is 0.348. The predicted octanol–water partition coefficient (Wildman–Crippen LogP) is 5.75. The van der Waals surface area contributed by atoms with Crippen molar-refractivity contribution < 1.29 is 15.3 Å². The lowest BCUT2D eigenvalue weighted by atomic mass is 10.1. The standard InChI is InChI=1S/C16H17N3O3.C7H11NS.H2/c1-10-8-9-14(22-10)16-18-17-11(2)19(16)15-12(20-3)6-5-7-13(15)21-4;1-6(2)3-7-4-9-5-8-7;/h5-9H,1-4H3;4-6H,3H2,1-2H3;1H. The van der Waals surface area contributed by atoms with E-state index >= 15 is 0 Å². The molecule has 1 aromatic carbocycles. The highest BCUT2D eigenvalue weighted by Crippen LogP contribution is 2.36. The summed E-state index contributed by atoms with van der Waals surface area (Å²) in [5.41, 5.74) is 3.87. The zero-order valence-electron chi connectivity index (χ0n) is 18.7. The molecule has 0 spiro atoms. The Balaban J connectivity index is 0.000000307. The van der Waals surface area contributed by atoms with E-state index in [9.17, 15) is 0 Å². The van der Waals surface area contributed by atoms with Crippen LogP contribution in [0.4, 0.5) is 0 Å². The minimum absolute atomic E-state index is 0. The van der Waals surface area contributed by atoms with Crippen molar-refractivity contribution in [3.63, 3.8) is 0 Å². The maximum Gasteiger partial charge on any atom is 0.204 e. The van der Waals surface area contributed by atoms with Crippen molar-refractivity contribution in [3.05, 3.63) is 58.5 Å². The van der Waals surface area contributed by atoms with Crippen LogP contribution in [0, 0.1) is 19.8 Å². The number of benzene rings is 1. The molecule has 3 heterocycles. The Kier molecular flexibility index (Phi) is 7.46. The fourth-order valence-corrected chi connectivity index (χ4v) is 3.72. The van der Waals surface area contributed by atoms with Crippen LogP contribution in [0.5, 0.6) is 11.5 Å². The number of ether oxygens (including phenoxy) is 2. The van der Waals surface area contributed by atoms with E-state index < -0.39 is 0 Å². The van der Waals surface area contributed by atoms with Crippen LogP contribution < -0.4 is 9.47 Å². The van der Waals surface area contributed by atoms with E-state index in [0.717, 1.165) is 23.8 Å². The molecule has 3 aromatic heterocycles. The van der Waals surface area contributed by atoms with E-state index in [-0.39, 0.29) is 1.43 Å². The highest BCUT2D eigenvalue weighted by molar-refractivity contribution is 7.07. The molecular formula is C23H30N4O3S. The van der Waals surface area contributed by atoms with Crippen molar-refractivity contribution >= 4 is 11.3 Å². The molecule has 7 nitrogen and oxygen atoms in total. The molecule has 4 rings (SSSR count). The van der Waals surface area contributed by atoms with Gasteiger partial charge in [-0.05, 0) is 50.5 Å². The third-order valence-electron chi connectivity index (χ3n) is 4.51. The van der Waals surface area contributed by atoms with Gasteiger partial charge in [-0.25, -0.2) is 4.98 Å². The number of rotatable bonds is 6. The number of thiazole rings is 1. The average Bonchev–Trinajstić information content (AvgIpc) is 3.49. The Hall–Kier alpha value is -3.13. The molecule has 0 saturated carbocycles. The third kappa shape index (κ3) is 5.32. The second kappa shape index (κ2) is 10.3. The molecule has 166 valence electrons. The van der Waals surface area contributed by atoms with E-state index in [1.54, 1.807) is 25.6 Å². The number of furan rings is 1. The number of aromatic nitrogens is 4. The number of nitrogens with zero attached hydrogens (tertiary/aromatic N) is 4. The molecule has 31 heavy (non-hydrogen) atoms. The van der Waals surface area contributed by atoms with Crippen molar-refractivity contribution in [2.45, 2.75) is 34.1 Å². The highest BCUT2D eigenvalue weighted by Gasteiger charge is 2.21. The Morgan fingerprint density at radius 2 is 1.77 bits per heavy atom. The molecule has 0 saturated heterocycles. The Morgan fingerprint density at radius 3 is 2.29 bits per heavy atom. The van der Waals surface area contributed by atoms with Crippen LogP contribution in [0.25, 0.3) is 17.3 Å². The van der Waals surface area contributed by atoms with Crippen molar-refractivity contribution in [2.24, 2.45) is 5.92 Å². The zero-order valence-corrected chi connectivity index (χ0v) is 19.6. The van der Waals surface area contributed by atoms with Gasteiger partial charge in [0.2, 0.25) is 5.82 Å². The lowest BCUT2D eigenvalue weighted by molar-refractivity contribution is 0.390. The molecule has 0 aliphatic heterocycles. The van der Waals surface area contributed by atoms with Gasteiger partial charge >= 0.3 is 0 Å². The summed E-state index contributed by atoms with van der Waals surface area (Å²) in [6.45, 7) is 8.18. The first-order chi connectivity index (χ1) is 14.9. The summed E-state index contributed by atoms with van der Waals surface area (Å²) in [6.07, 6.45) is 1.11. The van der Waals surface area contributed by atoms with Gasteiger partial charge in [-0.2, -0.15) is 0 Å². The van der Waals surface area contributed by atoms with Gasteiger partial charge in [-0.3, -0.25) is 4.57 Å². The van der Waals surface area contributed by atoms with Crippen LogP contribution in [0.15, 0.2) is 45.6 Å². The quantitative estimate of drug-likeness (QED) is 0.378. The van der Waals surface area contributed by atoms with Gasteiger partial charge in [0.25, 0.3) is 0 Å². The minimum Gasteiger partial charge on any atom is -0.494 e. The largest absolute Gasteiger partial charge is 0.494 e. The molecule has 0 radical (unpaired) electrons. The van der Waals surface area contributed by atoms with Gasteiger partial charge in [0.05, 0.1) is 25.4 Å². The third-order valence-corrected chi connectivity index (χ3v) is 5.15. The first-order valence-electron chi connectivity index (χ1n) is 10.0. The smallest absolute Gasteiger partial charge is 0.204 e. The Labute approximate surface area is 188 Å². The lowest BCUT2D eigenvalue weighted by Gasteiger charge is -2.15. The molecular weight excluding hydrogens is 412 g/mol. The summed E-state index contributed by atoms with van der Waals surface area (Å²) in [7, 11) is 3.24. The molecule has 0 aliphatic carbocycles. The van der Waals surface area contributed by atoms with Gasteiger partial charge < -0.3 is 13.9 Å². The summed E-state index contributed by atoms with van der Waals surface area (Å²) in [6, 6.07) is 9.38. The summed E-state index contributed by atoms with van der Waals surface area (Å²) in [4.78, 5) is 4.17. The van der Waals surface area contributed by atoms with E-state index in [2.05, 4.69) is 34.4 Å². The molecule has 0 unspecified atom stereocenters. The van der Waals surface area contributed by atoms with E-state index in [1.807, 2.05) is 54.3 Å². The second-order valence-corrected chi connectivity index (χ2v) is 8.12. The van der Waals surface area contributed by atoms with E-state index in [1.165, 1.54) is 5.69 Å². The number of para-hydroxylation sites is 1. The Morgan fingerprint density at radius 1 is 1.06 bits per heavy atom. The van der Waals surface area contributed by atoms with Crippen LogP contribution in [0.3, 0.4) is 0 Å². The van der Waals surface area contributed by atoms with E-state index in [0.29, 0.717) is 28.9 Å². The summed E-state index contributed by atoms with van der Waals surface area (Å²) in [5.74, 6) is 4.85. The highest BCUT2D eigenvalue weighted by atomic mass is 32.1. The summed E-state index contributed by atoms with van der Waals surface area (Å²) in [5, 5.41) is 10.5. The predicted molar refractivity (Wildman–Crippen MR) is 124 cm³/mol. The maximum absolute atomic E-state index is 5.69. The van der Waals surface area contributed by atoms with Crippen molar-refractivity contribution in [2.75, 3.05) is 14.2 Å². The average molecular weight is 443 g/mol. The fourth-order valence-electron chi connectivity index (χ4n) is 3.15. The monoisotopic (exact) mass is 442 g/mol. The summed E-state index contributed by atoms with van der Waals surface area (Å²) >= 11 is 1.67. The topological polar surface area (TPSA) is 75.2 Å². The SMILES string of the molecule is CC(C)Cc1cscn1.COc1cccc(OC)c1-n1c(C)nnc1-c1ccc(C)o1.[HH]. The molecule has 8 heteroatoms. The first-order valence-corrected chi connectivity index (χ1v) is 11.0.